The molecule has 0 N–H and O–H groups in total. The van der Waals surface area contributed by atoms with Gasteiger partial charge < -0.3 is 12.9 Å². The highest BCUT2D eigenvalue weighted by Crippen LogP contribution is 2.29. The Hall–Kier alpha value is -1.73. The van der Waals surface area contributed by atoms with Crippen molar-refractivity contribution in [1.29, 1.82) is 0 Å². The van der Waals surface area contributed by atoms with E-state index in [1.165, 1.54) is 0 Å². The minimum atomic E-state index is -5.16. The molecule has 0 atom stereocenters. The van der Waals surface area contributed by atoms with Crippen molar-refractivity contribution in [3.8, 4) is 0 Å². The van der Waals surface area contributed by atoms with Crippen molar-refractivity contribution in [2.75, 3.05) is 0 Å². The molecule has 0 spiro atoms. The summed E-state index contributed by atoms with van der Waals surface area (Å²) in [5.74, 6) is 0. The van der Waals surface area contributed by atoms with E-state index in [9.17, 15) is 12.9 Å². The summed E-state index contributed by atoms with van der Waals surface area (Å²) in [7, 11) is 0. The van der Waals surface area contributed by atoms with Crippen LogP contribution in [0.2, 0.25) is 0 Å². The van der Waals surface area contributed by atoms with Gasteiger partial charge in [0, 0.05) is 11.4 Å². The van der Waals surface area contributed by atoms with Crippen molar-refractivity contribution in [3.05, 3.63) is 34.9 Å². The molecule has 2 aromatic heterocycles. The van der Waals surface area contributed by atoms with E-state index in [0.717, 1.165) is 9.36 Å². The first-order valence-corrected chi connectivity index (χ1v) is 5.95. The summed E-state index contributed by atoms with van der Waals surface area (Å²) >= 11 is 0. The monoisotopic (exact) mass is 271 g/mol. The molecule has 0 radical (unpaired) electrons. The normalized spacial score (nSPS) is 12.4. The molecule has 0 aliphatic heterocycles. The first kappa shape index (κ1) is 13.7. The van der Waals surface area contributed by atoms with Crippen LogP contribution in [0.1, 0.15) is 28.8 Å². The molecular weight excluding hydrogens is 256 g/mol. The molecule has 0 fully saturated rings. The molecule has 8 heteroatoms. The van der Waals surface area contributed by atoms with Crippen LogP contribution in [-0.2, 0) is 0 Å². The van der Waals surface area contributed by atoms with E-state index >= 15 is 0 Å². The van der Waals surface area contributed by atoms with Gasteiger partial charge in [0.25, 0.3) is 0 Å². The third-order valence-corrected chi connectivity index (χ3v) is 2.93. The van der Waals surface area contributed by atoms with E-state index in [-0.39, 0.29) is 0 Å². The zero-order valence-corrected chi connectivity index (χ0v) is 11.2. The highest BCUT2D eigenvalue weighted by Gasteiger charge is 2.40. The van der Waals surface area contributed by atoms with Gasteiger partial charge in [-0.25, -0.2) is 0 Å². The Labute approximate surface area is 109 Å². The molecule has 0 bridgehead atoms. The Morgan fingerprint density at radius 2 is 1.26 bits per heavy atom. The second-order valence-electron chi connectivity index (χ2n) is 4.78. The van der Waals surface area contributed by atoms with E-state index in [1.54, 1.807) is 39.8 Å². The van der Waals surface area contributed by atoms with Gasteiger partial charge in [0.15, 0.2) is 0 Å². The molecule has 4 nitrogen and oxygen atoms in total. The maximum atomic E-state index is 13.4. The van der Waals surface area contributed by atoms with Gasteiger partial charge in [0.1, 0.15) is 6.07 Å². The number of aryl methyl sites for hydroxylation is 4. The lowest BCUT2D eigenvalue weighted by molar-refractivity contribution is 0.324. The first-order chi connectivity index (χ1) is 8.70. The minimum Gasteiger partial charge on any atom is -0.446 e. The quantitative estimate of drug-likeness (QED) is 0.804. The fourth-order valence-corrected chi connectivity index (χ4v) is 2.25. The van der Waals surface area contributed by atoms with Crippen molar-refractivity contribution in [2.24, 2.45) is 0 Å². The molecule has 104 valence electrons. The van der Waals surface area contributed by atoms with Crippen LogP contribution in [0.25, 0.3) is 0 Å². The summed E-state index contributed by atoms with van der Waals surface area (Å²) in [5, 5.41) is 7.91. The van der Waals surface area contributed by atoms with Gasteiger partial charge in [-0.15, -0.1) is 0 Å². The number of hydrogen-bond donors (Lipinski definition) is 0. The van der Waals surface area contributed by atoms with Gasteiger partial charge in [-0.1, -0.05) is 0 Å². The van der Waals surface area contributed by atoms with Gasteiger partial charge in [-0.05, 0) is 39.8 Å². The van der Waals surface area contributed by atoms with Crippen molar-refractivity contribution in [3.63, 3.8) is 0 Å². The molecule has 0 aliphatic rings. The molecule has 19 heavy (non-hydrogen) atoms. The number of halogens is 3. The Balaban J connectivity index is 2.61. The van der Waals surface area contributed by atoms with Crippen LogP contribution >= 0.6 is 0 Å². The summed E-state index contributed by atoms with van der Waals surface area (Å²) in [6, 6.07) is 1.41. The van der Waals surface area contributed by atoms with Gasteiger partial charge >= 0.3 is 6.98 Å². The Kier molecular flexibility index (Phi) is 3.20. The van der Waals surface area contributed by atoms with E-state index in [1.807, 2.05) is 0 Å². The molecule has 2 aromatic rings. The predicted octanol–water partition coefficient (Wildman–Crippen LogP) is 2.75. The fraction of sp³-hybridized carbons (Fsp3) is 0.455. The van der Waals surface area contributed by atoms with Crippen molar-refractivity contribution in [2.45, 2.75) is 33.8 Å². The third kappa shape index (κ3) is 2.52. The maximum Gasteiger partial charge on any atom is 0.524 e. The van der Waals surface area contributed by atoms with Crippen molar-refractivity contribution in [1.82, 2.24) is 19.6 Å². The van der Waals surface area contributed by atoms with E-state index in [4.69, 9.17) is 0 Å². The molecule has 0 unspecified atom stereocenters. The maximum absolute atomic E-state index is 13.4. The number of nitrogens with zero attached hydrogens (tertiary/aromatic N) is 4. The predicted molar refractivity (Wildman–Crippen MR) is 66.9 cm³/mol. The lowest BCUT2D eigenvalue weighted by Gasteiger charge is -2.29. The molecule has 2 heterocycles. The standard InChI is InChI=1S/C11H15BF3N4/c1-7-5-9(3)18(16-7)11(12(13,14)15)19-10(4)6-8(2)17-19/h5-6,11H,1-4H3/q-1. The molecule has 0 aliphatic carbocycles. The molecule has 0 aromatic carbocycles. The second-order valence-corrected chi connectivity index (χ2v) is 4.78. The highest BCUT2D eigenvalue weighted by atomic mass is 19.4. The lowest BCUT2D eigenvalue weighted by atomic mass is 9.85. The average Bonchev–Trinajstić information content (AvgIpc) is 2.70. The Morgan fingerprint density at radius 1 is 0.895 bits per heavy atom. The largest absolute Gasteiger partial charge is 0.524 e. The van der Waals surface area contributed by atoms with Crippen LogP contribution < -0.4 is 0 Å². The van der Waals surface area contributed by atoms with Gasteiger partial charge in [0.05, 0.1) is 11.4 Å². The highest BCUT2D eigenvalue weighted by molar-refractivity contribution is 6.59. The van der Waals surface area contributed by atoms with Crippen molar-refractivity contribution < 1.29 is 12.9 Å². The van der Waals surface area contributed by atoms with Crippen LogP contribution in [0.3, 0.4) is 0 Å². The Bertz CT molecular complexity index is 553. The topological polar surface area (TPSA) is 35.6 Å². The SMILES string of the molecule is Cc1cc(C)n(C(n2nc(C)cc2C)[B-](F)(F)F)n1. The van der Waals surface area contributed by atoms with Gasteiger partial charge in [-0.3, -0.25) is 9.36 Å². The van der Waals surface area contributed by atoms with Crippen LogP contribution in [0, 0.1) is 27.7 Å². The number of aromatic nitrogens is 4. The molecule has 2 rings (SSSR count). The number of rotatable bonds is 3. The van der Waals surface area contributed by atoms with E-state index in [2.05, 4.69) is 10.2 Å². The summed E-state index contributed by atoms with van der Waals surface area (Å²) in [5.41, 5.74) is 2.05. The molecule has 0 saturated carbocycles. The second kappa shape index (κ2) is 4.43. The smallest absolute Gasteiger partial charge is 0.446 e. The van der Waals surface area contributed by atoms with Crippen LogP contribution in [-0.4, -0.2) is 26.5 Å². The van der Waals surface area contributed by atoms with Crippen molar-refractivity contribution >= 4 is 6.98 Å². The zero-order valence-electron chi connectivity index (χ0n) is 11.2. The van der Waals surface area contributed by atoms with E-state index in [0.29, 0.717) is 22.8 Å². The first-order valence-electron chi connectivity index (χ1n) is 5.95. The summed E-state index contributed by atoms with van der Waals surface area (Å²) in [6.45, 7) is 1.41. The minimum absolute atomic E-state index is 0.467. The average molecular weight is 271 g/mol. The van der Waals surface area contributed by atoms with Gasteiger partial charge in [0.2, 0.25) is 0 Å². The summed E-state index contributed by atoms with van der Waals surface area (Å²) < 4.78 is 42.2. The molecular formula is C11H15BF3N4-. The molecule has 0 saturated heterocycles. The zero-order chi connectivity index (χ0) is 14.4. The van der Waals surface area contributed by atoms with Crippen LogP contribution in [0.15, 0.2) is 12.1 Å². The third-order valence-electron chi connectivity index (χ3n) is 2.93. The molecule has 0 amide bonds. The summed E-state index contributed by atoms with van der Waals surface area (Å²) in [4.78, 5) is 0. The number of hydrogen-bond acceptors (Lipinski definition) is 2. The Morgan fingerprint density at radius 3 is 1.47 bits per heavy atom. The van der Waals surface area contributed by atoms with E-state index < -0.39 is 13.0 Å². The summed E-state index contributed by atoms with van der Waals surface area (Å²) in [6.07, 6.45) is 0. The van der Waals surface area contributed by atoms with Crippen LogP contribution in [0.4, 0.5) is 12.9 Å². The van der Waals surface area contributed by atoms with Gasteiger partial charge in [-0.2, -0.15) is 10.2 Å². The lowest BCUT2D eigenvalue weighted by Crippen LogP contribution is -2.40. The van der Waals surface area contributed by atoms with Crippen LogP contribution in [0.5, 0.6) is 0 Å². The fourth-order valence-electron chi connectivity index (χ4n) is 2.25.